The van der Waals surface area contributed by atoms with E-state index in [1.807, 2.05) is 12.1 Å². The molecule has 0 spiro atoms. The number of benzene rings is 1. The number of phenols is 1. The highest BCUT2D eigenvalue weighted by atomic mass is 16.3. The Labute approximate surface area is 120 Å². The highest BCUT2D eigenvalue weighted by molar-refractivity contribution is 5.78. The molecule has 5 nitrogen and oxygen atoms in total. The number of aromatic hydroxyl groups is 1. The number of hydrogen-bond acceptors (Lipinski definition) is 4. The summed E-state index contributed by atoms with van der Waals surface area (Å²) in [7, 11) is 0. The molecule has 1 fully saturated rings. The lowest BCUT2D eigenvalue weighted by molar-refractivity contribution is -0.122. The fourth-order valence-electron chi connectivity index (χ4n) is 2.33. The minimum Gasteiger partial charge on any atom is -0.508 e. The van der Waals surface area contributed by atoms with E-state index in [4.69, 9.17) is 0 Å². The zero-order valence-corrected chi connectivity index (χ0v) is 11.8. The quantitative estimate of drug-likeness (QED) is 0.726. The van der Waals surface area contributed by atoms with Gasteiger partial charge in [0.25, 0.3) is 0 Å². The molecule has 0 unspecified atom stereocenters. The molecule has 1 heterocycles. The number of nitrogens with zero attached hydrogens (tertiary/aromatic N) is 1. The third kappa shape index (κ3) is 5.19. The van der Waals surface area contributed by atoms with Crippen molar-refractivity contribution in [3.8, 4) is 5.75 Å². The number of hydrogen-bond donors (Lipinski definition) is 3. The van der Waals surface area contributed by atoms with E-state index in [0.717, 1.165) is 44.6 Å². The lowest BCUT2D eigenvalue weighted by atomic mass is 10.1. The lowest BCUT2D eigenvalue weighted by Crippen LogP contribution is -2.39. The minimum absolute atomic E-state index is 0.0886. The number of carbonyl (C=O) groups is 1. The van der Waals surface area contributed by atoms with Crippen LogP contribution >= 0.6 is 0 Å². The maximum atomic E-state index is 11.9. The van der Waals surface area contributed by atoms with Gasteiger partial charge in [0.15, 0.2) is 0 Å². The Morgan fingerprint density at radius 1 is 1.25 bits per heavy atom. The second-order valence-corrected chi connectivity index (χ2v) is 5.15. The summed E-state index contributed by atoms with van der Waals surface area (Å²) in [5, 5.41) is 15.5. The van der Waals surface area contributed by atoms with Gasteiger partial charge in [-0.25, -0.2) is 0 Å². The van der Waals surface area contributed by atoms with Crippen LogP contribution in [0.1, 0.15) is 12.0 Å². The van der Waals surface area contributed by atoms with Crippen molar-refractivity contribution in [1.82, 2.24) is 15.5 Å². The Balaban J connectivity index is 1.65. The number of nitrogens with one attached hydrogen (secondary N) is 2. The molecule has 1 aromatic rings. The van der Waals surface area contributed by atoms with Gasteiger partial charge >= 0.3 is 0 Å². The minimum atomic E-state index is 0.0886. The monoisotopic (exact) mass is 277 g/mol. The highest BCUT2D eigenvalue weighted by Crippen LogP contribution is 2.09. The summed E-state index contributed by atoms with van der Waals surface area (Å²) in [5.74, 6) is 0.359. The average molecular weight is 277 g/mol. The van der Waals surface area contributed by atoms with Crippen molar-refractivity contribution in [2.45, 2.75) is 12.8 Å². The van der Waals surface area contributed by atoms with Crippen molar-refractivity contribution in [3.05, 3.63) is 29.8 Å². The van der Waals surface area contributed by atoms with Gasteiger partial charge in [0, 0.05) is 19.6 Å². The summed E-state index contributed by atoms with van der Waals surface area (Å²) < 4.78 is 0. The van der Waals surface area contributed by atoms with Gasteiger partial charge in [-0.05, 0) is 43.6 Å². The van der Waals surface area contributed by atoms with E-state index in [1.54, 1.807) is 12.1 Å². The molecule has 1 aliphatic heterocycles. The van der Waals surface area contributed by atoms with Gasteiger partial charge in [-0.1, -0.05) is 12.1 Å². The Bertz CT molecular complexity index is 412. The summed E-state index contributed by atoms with van der Waals surface area (Å²) in [6.07, 6.45) is 1.88. The molecule has 110 valence electrons. The van der Waals surface area contributed by atoms with E-state index in [1.165, 1.54) is 0 Å². The smallest absolute Gasteiger partial charge is 0.234 e. The first-order valence-electron chi connectivity index (χ1n) is 7.22. The molecule has 1 aromatic carbocycles. The molecule has 2 rings (SSSR count). The Morgan fingerprint density at radius 2 is 2.05 bits per heavy atom. The van der Waals surface area contributed by atoms with Gasteiger partial charge in [0.2, 0.25) is 5.91 Å². The molecule has 1 amide bonds. The summed E-state index contributed by atoms with van der Waals surface area (Å²) in [6, 6.07) is 7.09. The van der Waals surface area contributed by atoms with Crippen LogP contribution in [-0.4, -0.2) is 55.2 Å². The predicted octanol–water partition coefficient (Wildman–Crippen LogP) is 0.346. The number of rotatable bonds is 5. The molecular weight excluding hydrogens is 254 g/mol. The maximum absolute atomic E-state index is 11.9. The first-order chi connectivity index (χ1) is 9.74. The van der Waals surface area contributed by atoms with Crippen LogP contribution < -0.4 is 10.6 Å². The van der Waals surface area contributed by atoms with E-state index in [2.05, 4.69) is 15.5 Å². The van der Waals surface area contributed by atoms with Gasteiger partial charge in [-0.2, -0.15) is 0 Å². The van der Waals surface area contributed by atoms with Crippen LogP contribution in [-0.2, 0) is 11.2 Å². The summed E-state index contributed by atoms with van der Waals surface area (Å²) in [4.78, 5) is 14.0. The van der Waals surface area contributed by atoms with Crippen LogP contribution in [0.15, 0.2) is 24.3 Å². The molecule has 0 aliphatic carbocycles. The number of amides is 1. The molecule has 0 atom stereocenters. The molecule has 20 heavy (non-hydrogen) atoms. The van der Waals surface area contributed by atoms with Gasteiger partial charge in [-0.3, -0.25) is 9.69 Å². The first kappa shape index (κ1) is 14.8. The Kier molecular flexibility index (Phi) is 5.83. The Hall–Kier alpha value is -1.59. The van der Waals surface area contributed by atoms with Crippen LogP contribution in [0.4, 0.5) is 0 Å². The highest BCUT2D eigenvalue weighted by Gasteiger charge is 2.12. The molecule has 1 aliphatic rings. The van der Waals surface area contributed by atoms with Crippen LogP contribution in [0.25, 0.3) is 0 Å². The van der Waals surface area contributed by atoms with Gasteiger partial charge < -0.3 is 15.7 Å². The third-order valence-corrected chi connectivity index (χ3v) is 3.47. The second kappa shape index (κ2) is 7.87. The van der Waals surface area contributed by atoms with E-state index < -0.39 is 0 Å². The summed E-state index contributed by atoms with van der Waals surface area (Å²) >= 11 is 0. The normalized spacial score (nSPS) is 16.6. The molecule has 0 aromatic heterocycles. The van der Waals surface area contributed by atoms with Crippen molar-refractivity contribution in [2.75, 3.05) is 39.3 Å². The van der Waals surface area contributed by atoms with Crippen molar-refractivity contribution in [2.24, 2.45) is 0 Å². The lowest BCUT2D eigenvalue weighted by Gasteiger charge is -2.18. The van der Waals surface area contributed by atoms with Crippen molar-refractivity contribution in [1.29, 1.82) is 0 Å². The van der Waals surface area contributed by atoms with E-state index in [9.17, 15) is 9.90 Å². The van der Waals surface area contributed by atoms with E-state index in [0.29, 0.717) is 13.1 Å². The number of carbonyl (C=O) groups excluding carboxylic acids is 1. The fourth-order valence-corrected chi connectivity index (χ4v) is 2.33. The fraction of sp³-hybridized carbons (Fsp3) is 0.533. The standard InChI is InChI=1S/C15H23N3O2/c19-14-4-2-13(3-5-14)6-8-17-15(20)12-18-10-1-7-16-9-11-18/h2-5,16,19H,1,6-12H2,(H,17,20). The third-order valence-electron chi connectivity index (χ3n) is 3.47. The average Bonchev–Trinajstić information content (AvgIpc) is 2.70. The molecule has 0 saturated carbocycles. The van der Waals surface area contributed by atoms with Crippen LogP contribution in [0.3, 0.4) is 0 Å². The van der Waals surface area contributed by atoms with Gasteiger partial charge in [-0.15, -0.1) is 0 Å². The van der Waals surface area contributed by atoms with Crippen LogP contribution in [0.5, 0.6) is 5.75 Å². The topological polar surface area (TPSA) is 64.6 Å². The van der Waals surface area contributed by atoms with E-state index in [-0.39, 0.29) is 11.7 Å². The van der Waals surface area contributed by atoms with Crippen molar-refractivity contribution < 1.29 is 9.90 Å². The largest absolute Gasteiger partial charge is 0.508 e. The summed E-state index contributed by atoms with van der Waals surface area (Å²) in [6.45, 7) is 5.04. The zero-order valence-electron chi connectivity index (χ0n) is 11.8. The molecule has 0 bridgehead atoms. The Morgan fingerprint density at radius 3 is 2.85 bits per heavy atom. The maximum Gasteiger partial charge on any atom is 0.234 e. The molecule has 1 saturated heterocycles. The second-order valence-electron chi connectivity index (χ2n) is 5.15. The summed E-state index contributed by atoms with van der Waals surface area (Å²) in [5.41, 5.74) is 1.11. The SMILES string of the molecule is O=C(CN1CCCNCC1)NCCc1ccc(O)cc1. The predicted molar refractivity (Wildman–Crippen MR) is 78.7 cm³/mol. The van der Waals surface area contributed by atoms with Crippen molar-refractivity contribution in [3.63, 3.8) is 0 Å². The zero-order chi connectivity index (χ0) is 14.2. The van der Waals surface area contributed by atoms with Gasteiger partial charge in [0.1, 0.15) is 5.75 Å². The molecule has 5 heteroatoms. The van der Waals surface area contributed by atoms with Gasteiger partial charge in [0.05, 0.1) is 6.54 Å². The number of phenolic OH excluding ortho intramolecular Hbond substituents is 1. The molecular formula is C15H23N3O2. The van der Waals surface area contributed by atoms with Crippen molar-refractivity contribution >= 4 is 5.91 Å². The van der Waals surface area contributed by atoms with Crippen LogP contribution in [0, 0.1) is 0 Å². The molecule has 0 radical (unpaired) electrons. The first-order valence-corrected chi connectivity index (χ1v) is 7.22. The van der Waals surface area contributed by atoms with Crippen LogP contribution in [0.2, 0.25) is 0 Å². The van der Waals surface area contributed by atoms with E-state index >= 15 is 0 Å². The molecule has 3 N–H and O–H groups in total.